The maximum atomic E-state index is 4.70. The highest BCUT2D eigenvalue weighted by atomic mass is 15.3. The molecular weight excluding hydrogens is 186 g/mol. The average Bonchev–Trinajstić information content (AvgIpc) is 2.96. The maximum absolute atomic E-state index is 4.70. The van der Waals surface area contributed by atoms with Gasteiger partial charge in [-0.15, -0.1) is 0 Å². The summed E-state index contributed by atoms with van der Waals surface area (Å²) in [5.41, 5.74) is 2.61. The van der Waals surface area contributed by atoms with Crippen LogP contribution in [0.15, 0.2) is 6.07 Å². The number of aromatic nitrogens is 2. The molecule has 84 valence electrons. The van der Waals surface area contributed by atoms with Crippen LogP contribution in [0.4, 0.5) is 0 Å². The molecule has 0 amide bonds. The van der Waals surface area contributed by atoms with E-state index in [9.17, 15) is 0 Å². The molecule has 1 aliphatic carbocycles. The van der Waals surface area contributed by atoms with Gasteiger partial charge in [0.05, 0.1) is 5.69 Å². The molecule has 1 N–H and O–H groups in total. The van der Waals surface area contributed by atoms with E-state index < -0.39 is 0 Å². The first-order valence-corrected chi connectivity index (χ1v) is 5.90. The standard InChI is InChI=1S/C12H21N3/c1-8(2)15-12(10-5-6-10)7-11(14-15)9(3)13-4/h7-10,13H,5-6H2,1-4H3. The van der Waals surface area contributed by atoms with Crippen LogP contribution in [-0.4, -0.2) is 16.8 Å². The van der Waals surface area contributed by atoms with Gasteiger partial charge in [-0.25, -0.2) is 0 Å². The molecule has 1 aromatic rings. The van der Waals surface area contributed by atoms with Gasteiger partial charge in [-0.3, -0.25) is 4.68 Å². The summed E-state index contributed by atoms with van der Waals surface area (Å²) in [6.07, 6.45) is 2.68. The molecule has 1 atom stereocenters. The summed E-state index contributed by atoms with van der Waals surface area (Å²) in [6.45, 7) is 6.56. The largest absolute Gasteiger partial charge is 0.312 e. The summed E-state index contributed by atoms with van der Waals surface area (Å²) >= 11 is 0. The zero-order valence-corrected chi connectivity index (χ0v) is 10.1. The fourth-order valence-corrected chi connectivity index (χ4v) is 1.89. The summed E-state index contributed by atoms with van der Waals surface area (Å²) in [5, 5.41) is 7.94. The lowest BCUT2D eigenvalue weighted by molar-refractivity contribution is 0.495. The van der Waals surface area contributed by atoms with Crippen LogP contribution in [0.1, 0.15) is 63.0 Å². The van der Waals surface area contributed by atoms with Crippen LogP contribution >= 0.6 is 0 Å². The zero-order valence-electron chi connectivity index (χ0n) is 10.1. The third-order valence-electron chi connectivity index (χ3n) is 3.14. The lowest BCUT2D eigenvalue weighted by Gasteiger charge is -2.10. The van der Waals surface area contributed by atoms with Crippen molar-refractivity contribution in [1.82, 2.24) is 15.1 Å². The van der Waals surface area contributed by atoms with Gasteiger partial charge in [0.25, 0.3) is 0 Å². The van der Waals surface area contributed by atoms with E-state index in [4.69, 9.17) is 5.10 Å². The first-order valence-electron chi connectivity index (χ1n) is 5.90. The van der Waals surface area contributed by atoms with Crippen molar-refractivity contribution in [1.29, 1.82) is 0 Å². The summed E-state index contributed by atoms with van der Waals surface area (Å²) < 4.78 is 2.20. The van der Waals surface area contributed by atoms with Crippen molar-refractivity contribution in [3.63, 3.8) is 0 Å². The van der Waals surface area contributed by atoms with E-state index >= 15 is 0 Å². The van der Waals surface area contributed by atoms with E-state index in [2.05, 4.69) is 36.8 Å². The minimum atomic E-state index is 0.350. The Hall–Kier alpha value is -0.830. The first kappa shape index (κ1) is 10.7. The Balaban J connectivity index is 2.31. The smallest absolute Gasteiger partial charge is 0.0794 e. The molecular formula is C12H21N3. The van der Waals surface area contributed by atoms with Crippen molar-refractivity contribution >= 4 is 0 Å². The molecule has 2 rings (SSSR count). The van der Waals surface area contributed by atoms with Crippen molar-refractivity contribution in [2.24, 2.45) is 0 Å². The van der Waals surface area contributed by atoms with Crippen LogP contribution in [0.25, 0.3) is 0 Å². The van der Waals surface area contributed by atoms with Gasteiger partial charge in [0.15, 0.2) is 0 Å². The minimum absolute atomic E-state index is 0.350. The van der Waals surface area contributed by atoms with Crippen LogP contribution in [0.3, 0.4) is 0 Å². The fourth-order valence-electron chi connectivity index (χ4n) is 1.89. The minimum Gasteiger partial charge on any atom is -0.312 e. The third kappa shape index (κ3) is 2.07. The molecule has 1 aliphatic rings. The van der Waals surface area contributed by atoms with Crippen LogP contribution in [0, 0.1) is 0 Å². The number of rotatable bonds is 4. The average molecular weight is 207 g/mol. The maximum Gasteiger partial charge on any atom is 0.0794 e. The summed E-state index contributed by atoms with van der Waals surface area (Å²) in [5.74, 6) is 0.776. The van der Waals surface area contributed by atoms with Crippen molar-refractivity contribution in [2.45, 2.75) is 51.6 Å². The van der Waals surface area contributed by atoms with Crippen LogP contribution in [0.5, 0.6) is 0 Å². The van der Waals surface area contributed by atoms with Crippen molar-refractivity contribution in [3.05, 3.63) is 17.5 Å². The van der Waals surface area contributed by atoms with E-state index in [1.54, 1.807) is 0 Å². The highest BCUT2D eigenvalue weighted by Crippen LogP contribution is 2.41. The van der Waals surface area contributed by atoms with Gasteiger partial charge in [0.1, 0.15) is 0 Å². The Morgan fingerprint density at radius 1 is 1.40 bits per heavy atom. The molecule has 1 unspecified atom stereocenters. The van der Waals surface area contributed by atoms with Gasteiger partial charge >= 0.3 is 0 Å². The van der Waals surface area contributed by atoms with Crippen LogP contribution in [0.2, 0.25) is 0 Å². The molecule has 1 aromatic heterocycles. The molecule has 0 radical (unpaired) electrons. The number of hydrogen-bond acceptors (Lipinski definition) is 2. The highest BCUT2D eigenvalue weighted by Gasteiger charge is 2.29. The van der Waals surface area contributed by atoms with Crippen molar-refractivity contribution in [3.8, 4) is 0 Å². The molecule has 0 saturated heterocycles. The van der Waals surface area contributed by atoms with Gasteiger partial charge in [-0.05, 0) is 46.7 Å². The predicted molar refractivity (Wildman–Crippen MR) is 62.1 cm³/mol. The first-order chi connectivity index (χ1) is 7.13. The molecule has 0 spiro atoms. The fraction of sp³-hybridized carbons (Fsp3) is 0.750. The second kappa shape index (κ2) is 3.97. The molecule has 0 aliphatic heterocycles. The predicted octanol–water partition coefficient (Wildman–Crippen LogP) is 2.62. The lowest BCUT2D eigenvalue weighted by atomic mass is 10.2. The quantitative estimate of drug-likeness (QED) is 0.822. The Kier molecular flexibility index (Phi) is 2.83. The van der Waals surface area contributed by atoms with Crippen molar-refractivity contribution < 1.29 is 0 Å². The Labute approximate surface area is 91.9 Å². The van der Waals surface area contributed by atoms with E-state index in [-0.39, 0.29) is 0 Å². The molecule has 1 saturated carbocycles. The van der Waals surface area contributed by atoms with E-state index in [1.165, 1.54) is 24.2 Å². The molecule has 15 heavy (non-hydrogen) atoms. The second-order valence-electron chi connectivity index (χ2n) is 4.82. The Morgan fingerprint density at radius 3 is 2.53 bits per heavy atom. The summed E-state index contributed by atoms with van der Waals surface area (Å²) in [6, 6.07) is 3.10. The molecule has 0 bridgehead atoms. The Bertz CT molecular complexity index is 317. The second-order valence-corrected chi connectivity index (χ2v) is 4.82. The summed E-state index contributed by atoms with van der Waals surface area (Å²) in [7, 11) is 1.98. The molecule has 0 aromatic carbocycles. The SMILES string of the molecule is CNC(C)c1cc(C2CC2)n(C(C)C)n1. The normalized spacial score (nSPS) is 18.5. The number of hydrogen-bond donors (Lipinski definition) is 1. The molecule has 1 heterocycles. The van der Waals surface area contributed by atoms with Crippen LogP contribution < -0.4 is 5.32 Å². The van der Waals surface area contributed by atoms with E-state index in [0.29, 0.717) is 12.1 Å². The van der Waals surface area contributed by atoms with Crippen LogP contribution in [-0.2, 0) is 0 Å². The van der Waals surface area contributed by atoms with Gasteiger partial charge in [0.2, 0.25) is 0 Å². The highest BCUT2D eigenvalue weighted by molar-refractivity contribution is 5.21. The van der Waals surface area contributed by atoms with E-state index in [0.717, 1.165) is 5.92 Å². The molecule has 1 fully saturated rings. The van der Waals surface area contributed by atoms with Gasteiger partial charge < -0.3 is 5.32 Å². The molecule has 3 nitrogen and oxygen atoms in total. The zero-order chi connectivity index (χ0) is 11.0. The monoisotopic (exact) mass is 207 g/mol. The molecule has 3 heteroatoms. The van der Waals surface area contributed by atoms with Crippen molar-refractivity contribution in [2.75, 3.05) is 7.05 Å². The Morgan fingerprint density at radius 2 is 2.07 bits per heavy atom. The summed E-state index contributed by atoms with van der Waals surface area (Å²) in [4.78, 5) is 0. The van der Waals surface area contributed by atoms with Gasteiger partial charge in [0, 0.05) is 23.7 Å². The number of nitrogens with one attached hydrogen (secondary N) is 1. The topological polar surface area (TPSA) is 29.9 Å². The van der Waals surface area contributed by atoms with Gasteiger partial charge in [-0.1, -0.05) is 0 Å². The van der Waals surface area contributed by atoms with Gasteiger partial charge in [-0.2, -0.15) is 5.10 Å². The van der Waals surface area contributed by atoms with E-state index in [1.807, 2.05) is 7.05 Å². The lowest BCUT2D eigenvalue weighted by Crippen LogP contribution is -2.14. The third-order valence-corrected chi connectivity index (χ3v) is 3.14. The number of nitrogens with zero attached hydrogens (tertiary/aromatic N) is 2.